The number of benzene rings is 2. The maximum absolute atomic E-state index is 12.4. The first kappa shape index (κ1) is 21.4. The Morgan fingerprint density at radius 3 is 2.03 bits per heavy atom. The highest BCUT2D eigenvalue weighted by Crippen LogP contribution is 2.44. The van der Waals surface area contributed by atoms with Gasteiger partial charge in [0.05, 0.1) is 0 Å². The molecule has 0 aliphatic heterocycles. The van der Waals surface area contributed by atoms with E-state index in [2.05, 4.69) is 22.8 Å². The van der Waals surface area contributed by atoms with E-state index in [1.54, 1.807) is 13.8 Å². The SMILES string of the molecule is CC(=O)OCNC(=O)[C@H](NC(=O)OCC1c2ccccc2-c2ccccc21)C(C)C. The van der Waals surface area contributed by atoms with Crippen LogP contribution in [0.1, 0.15) is 37.8 Å². The van der Waals surface area contributed by atoms with E-state index in [1.807, 2.05) is 36.4 Å². The minimum Gasteiger partial charge on any atom is -0.449 e. The third-order valence-corrected chi connectivity index (χ3v) is 5.09. The summed E-state index contributed by atoms with van der Waals surface area (Å²) in [6.07, 6.45) is -0.668. The summed E-state index contributed by atoms with van der Waals surface area (Å²) in [5.41, 5.74) is 4.52. The van der Waals surface area contributed by atoms with Gasteiger partial charge in [0, 0.05) is 12.8 Å². The van der Waals surface area contributed by atoms with Gasteiger partial charge in [-0.2, -0.15) is 0 Å². The number of alkyl carbamates (subject to hydrolysis) is 1. The lowest BCUT2D eigenvalue weighted by atomic mass is 9.98. The van der Waals surface area contributed by atoms with Gasteiger partial charge in [-0.3, -0.25) is 9.59 Å². The molecule has 1 aliphatic carbocycles. The fraction of sp³-hybridized carbons (Fsp3) is 0.348. The third kappa shape index (κ3) is 4.79. The standard InChI is InChI=1S/C23H26N2O5/c1-14(2)21(22(27)24-13-30-15(3)26)25-23(28)29-12-20-18-10-6-4-8-16(18)17-9-5-7-11-19(17)20/h4-11,14,20-21H,12-13H2,1-3H3,(H,24,27)(H,25,28)/t21-/m1/s1. The summed E-state index contributed by atoms with van der Waals surface area (Å²) in [5.74, 6) is -1.18. The molecule has 0 saturated carbocycles. The first-order chi connectivity index (χ1) is 14.4. The molecule has 0 aromatic heterocycles. The van der Waals surface area contributed by atoms with Gasteiger partial charge in [-0.25, -0.2) is 4.79 Å². The second kappa shape index (κ2) is 9.43. The molecule has 0 spiro atoms. The van der Waals surface area contributed by atoms with Crippen LogP contribution in [0.25, 0.3) is 11.1 Å². The van der Waals surface area contributed by atoms with Gasteiger partial charge < -0.3 is 20.1 Å². The van der Waals surface area contributed by atoms with Gasteiger partial charge in [-0.1, -0.05) is 62.4 Å². The van der Waals surface area contributed by atoms with Crippen molar-refractivity contribution in [2.24, 2.45) is 5.92 Å². The van der Waals surface area contributed by atoms with E-state index >= 15 is 0 Å². The Labute approximate surface area is 175 Å². The van der Waals surface area contributed by atoms with Crippen molar-refractivity contribution < 1.29 is 23.9 Å². The summed E-state index contributed by atoms with van der Waals surface area (Å²) in [6.45, 7) is 4.78. The monoisotopic (exact) mass is 410 g/mol. The van der Waals surface area contributed by atoms with E-state index < -0.39 is 24.0 Å². The molecule has 0 unspecified atom stereocenters. The Kier molecular flexibility index (Phi) is 6.72. The summed E-state index contributed by atoms with van der Waals surface area (Å²) >= 11 is 0. The maximum atomic E-state index is 12.4. The van der Waals surface area contributed by atoms with Gasteiger partial charge in [0.2, 0.25) is 5.91 Å². The van der Waals surface area contributed by atoms with E-state index in [-0.39, 0.29) is 25.2 Å². The number of carbonyl (C=O) groups is 3. The van der Waals surface area contributed by atoms with Crippen LogP contribution in [-0.4, -0.2) is 37.3 Å². The van der Waals surface area contributed by atoms with Crippen molar-refractivity contribution in [3.8, 4) is 11.1 Å². The molecule has 0 radical (unpaired) electrons. The van der Waals surface area contributed by atoms with Crippen molar-refractivity contribution in [2.45, 2.75) is 32.7 Å². The largest absolute Gasteiger partial charge is 0.449 e. The minimum atomic E-state index is -0.809. The summed E-state index contributed by atoms with van der Waals surface area (Å²) in [4.78, 5) is 35.6. The van der Waals surface area contributed by atoms with Gasteiger partial charge in [0.1, 0.15) is 12.6 Å². The van der Waals surface area contributed by atoms with Crippen molar-refractivity contribution in [3.63, 3.8) is 0 Å². The van der Waals surface area contributed by atoms with Gasteiger partial charge in [0.25, 0.3) is 0 Å². The van der Waals surface area contributed by atoms with Crippen LogP contribution in [0.5, 0.6) is 0 Å². The summed E-state index contributed by atoms with van der Waals surface area (Å²) in [6, 6.07) is 15.3. The lowest BCUT2D eigenvalue weighted by molar-refractivity contribution is -0.143. The van der Waals surface area contributed by atoms with Gasteiger partial charge in [-0.15, -0.1) is 0 Å². The molecule has 0 heterocycles. The number of ether oxygens (including phenoxy) is 2. The van der Waals surface area contributed by atoms with Crippen molar-refractivity contribution in [1.82, 2.24) is 10.6 Å². The highest BCUT2D eigenvalue weighted by atomic mass is 16.6. The zero-order valence-electron chi connectivity index (χ0n) is 17.3. The van der Waals surface area contributed by atoms with Crippen molar-refractivity contribution in [1.29, 1.82) is 0 Å². The Balaban J connectivity index is 1.62. The number of esters is 1. The number of rotatable bonds is 7. The van der Waals surface area contributed by atoms with Crippen LogP contribution in [0.15, 0.2) is 48.5 Å². The average molecular weight is 410 g/mol. The highest BCUT2D eigenvalue weighted by Gasteiger charge is 2.30. The van der Waals surface area contributed by atoms with Crippen LogP contribution in [-0.2, 0) is 19.1 Å². The fourth-order valence-corrected chi connectivity index (χ4v) is 3.62. The molecule has 7 nitrogen and oxygen atoms in total. The first-order valence-electron chi connectivity index (χ1n) is 9.91. The topological polar surface area (TPSA) is 93.7 Å². The van der Waals surface area contributed by atoms with Crippen LogP contribution in [0.3, 0.4) is 0 Å². The maximum Gasteiger partial charge on any atom is 0.407 e. The highest BCUT2D eigenvalue weighted by molar-refractivity contribution is 5.86. The molecule has 2 aromatic carbocycles. The Morgan fingerprint density at radius 1 is 0.933 bits per heavy atom. The van der Waals surface area contributed by atoms with E-state index in [9.17, 15) is 14.4 Å². The molecule has 2 aromatic rings. The molecule has 30 heavy (non-hydrogen) atoms. The van der Waals surface area contributed by atoms with Crippen LogP contribution in [0.2, 0.25) is 0 Å². The number of amides is 2. The molecule has 0 saturated heterocycles. The molecule has 0 bridgehead atoms. The lowest BCUT2D eigenvalue weighted by Crippen LogP contribution is -2.50. The molecule has 2 N–H and O–H groups in total. The van der Waals surface area contributed by atoms with E-state index in [0.29, 0.717) is 0 Å². The predicted octanol–water partition coefficient (Wildman–Crippen LogP) is 3.19. The molecular formula is C23H26N2O5. The van der Waals surface area contributed by atoms with Crippen LogP contribution < -0.4 is 10.6 Å². The molecule has 7 heteroatoms. The molecule has 3 rings (SSSR count). The van der Waals surface area contributed by atoms with Crippen LogP contribution in [0.4, 0.5) is 4.79 Å². The van der Waals surface area contributed by atoms with Gasteiger partial charge in [0.15, 0.2) is 6.73 Å². The number of carbonyl (C=O) groups excluding carboxylic acids is 3. The second-order valence-electron chi connectivity index (χ2n) is 7.51. The summed E-state index contributed by atoms with van der Waals surface area (Å²) in [7, 11) is 0. The van der Waals surface area contributed by atoms with E-state index in [1.165, 1.54) is 6.92 Å². The van der Waals surface area contributed by atoms with Crippen LogP contribution >= 0.6 is 0 Å². The Hall–Kier alpha value is -3.35. The summed E-state index contributed by atoms with van der Waals surface area (Å²) in [5, 5.41) is 5.08. The molecule has 1 atom stereocenters. The molecule has 0 fully saturated rings. The van der Waals surface area contributed by atoms with Crippen molar-refractivity contribution in [3.05, 3.63) is 59.7 Å². The number of nitrogens with one attached hydrogen (secondary N) is 2. The molecular weight excluding hydrogens is 384 g/mol. The molecule has 2 amide bonds. The molecule has 158 valence electrons. The zero-order valence-corrected chi connectivity index (χ0v) is 17.3. The average Bonchev–Trinajstić information content (AvgIpc) is 3.03. The fourth-order valence-electron chi connectivity index (χ4n) is 3.62. The minimum absolute atomic E-state index is 0.0570. The van der Waals surface area contributed by atoms with E-state index in [4.69, 9.17) is 9.47 Å². The number of hydrogen-bond acceptors (Lipinski definition) is 5. The summed E-state index contributed by atoms with van der Waals surface area (Å²) < 4.78 is 10.2. The van der Waals surface area contributed by atoms with Crippen molar-refractivity contribution >= 4 is 18.0 Å². The number of fused-ring (bicyclic) bond motifs is 3. The lowest BCUT2D eigenvalue weighted by Gasteiger charge is -2.22. The zero-order chi connectivity index (χ0) is 21.7. The molecule has 1 aliphatic rings. The second-order valence-corrected chi connectivity index (χ2v) is 7.51. The smallest absolute Gasteiger partial charge is 0.407 e. The Morgan fingerprint density at radius 2 is 1.50 bits per heavy atom. The predicted molar refractivity (Wildman–Crippen MR) is 112 cm³/mol. The van der Waals surface area contributed by atoms with E-state index in [0.717, 1.165) is 22.3 Å². The van der Waals surface area contributed by atoms with Crippen LogP contribution in [0, 0.1) is 5.92 Å². The van der Waals surface area contributed by atoms with Gasteiger partial charge in [-0.05, 0) is 28.2 Å². The quantitative estimate of drug-likeness (QED) is 0.540. The Bertz CT molecular complexity index is 895. The third-order valence-electron chi connectivity index (χ3n) is 5.09. The first-order valence-corrected chi connectivity index (χ1v) is 9.91. The van der Waals surface area contributed by atoms with Crippen molar-refractivity contribution in [2.75, 3.05) is 13.3 Å². The number of hydrogen-bond donors (Lipinski definition) is 2. The van der Waals surface area contributed by atoms with Gasteiger partial charge >= 0.3 is 12.1 Å². The normalized spacial score (nSPS) is 13.2.